The number of aliphatic hydroxyl groups is 1. The zero-order valence-corrected chi connectivity index (χ0v) is 19.8. The first kappa shape index (κ1) is 24.8. The van der Waals surface area contributed by atoms with Crippen LogP contribution in [0, 0.1) is 0 Å². The SMILES string of the molecule is C=C(C)C(=O)OCCn1c(=O)c(C=C=C2N(CCO)c3ccccc3C2(C)C)c(O)n(C)c1=O. The normalized spacial score (nSPS) is 13.9. The van der Waals surface area contributed by atoms with Gasteiger partial charge in [0, 0.05) is 36.3 Å². The van der Waals surface area contributed by atoms with Crippen LogP contribution >= 0.6 is 0 Å². The molecule has 0 saturated carbocycles. The molecule has 0 radical (unpaired) electrons. The molecule has 0 atom stereocenters. The lowest BCUT2D eigenvalue weighted by Gasteiger charge is -2.24. The second-order valence-corrected chi connectivity index (χ2v) is 8.61. The average molecular weight is 468 g/mol. The Morgan fingerprint density at radius 2 is 1.91 bits per heavy atom. The number of hydrogen-bond acceptors (Lipinski definition) is 7. The summed E-state index contributed by atoms with van der Waals surface area (Å²) in [6.07, 6.45) is 1.35. The van der Waals surface area contributed by atoms with Crippen molar-refractivity contribution in [2.75, 3.05) is 24.7 Å². The summed E-state index contributed by atoms with van der Waals surface area (Å²) < 4.78 is 6.84. The molecule has 2 heterocycles. The molecule has 9 nitrogen and oxygen atoms in total. The van der Waals surface area contributed by atoms with Gasteiger partial charge in [-0.1, -0.05) is 30.5 Å². The number of anilines is 1. The molecule has 0 fully saturated rings. The Morgan fingerprint density at radius 3 is 2.56 bits per heavy atom. The third-order valence-electron chi connectivity index (χ3n) is 5.86. The Labute approximate surface area is 197 Å². The first-order valence-electron chi connectivity index (χ1n) is 10.8. The van der Waals surface area contributed by atoms with E-state index in [1.54, 1.807) is 0 Å². The van der Waals surface area contributed by atoms with Crippen molar-refractivity contribution < 1.29 is 19.7 Å². The lowest BCUT2D eigenvalue weighted by atomic mass is 9.84. The first-order chi connectivity index (χ1) is 16.0. The number of para-hydroxylation sites is 1. The van der Waals surface area contributed by atoms with Gasteiger partial charge in [0.1, 0.15) is 12.2 Å². The number of nitrogens with zero attached hydrogens (tertiary/aromatic N) is 3. The molecule has 2 N–H and O–H groups in total. The van der Waals surface area contributed by atoms with Crippen molar-refractivity contribution in [3.63, 3.8) is 0 Å². The van der Waals surface area contributed by atoms with Crippen LogP contribution < -0.4 is 16.1 Å². The van der Waals surface area contributed by atoms with Crippen LogP contribution in [0.5, 0.6) is 5.88 Å². The fourth-order valence-electron chi connectivity index (χ4n) is 4.01. The van der Waals surface area contributed by atoms with Crippen molar-refractivity contribution in [2.45, 2.75) is 32.7 Å². The number of benzene rings is 1. The van der Waals surface area contributed by atoms with Gasteiger partial charge in [0.15, 0.2) is 0 Å². The second-order valence-electron chi connectivity index (χ2n) is 8.61. The molecule has 9 heteroatoms. The number of rotatable bonds is 7. The van der Waals surface area contributed by atoms with Gasteiger partial charge in [-0.25, -0.2) is 9.59 Å². The predicted octanol–water partition coefficient (Wildman–Crippen LogP) is 1.66. The highest BCUT2D eigenvalue weighted by atomic mass is 16.5. The van der Waals surface area contributed by atoms with Crippen molar-refractivity contribution in [1.29, 1.82) is 0 Å². The zero-order chi connectivity index (χ0) is 25.2. The van der Waals surface area contributed by atoms with Gasteiger partial charge in [-0.05, 0) is 32.4 Å². The number of aromatic nitrogens is 2. The molecule has 34 heavy (non-hydrogen) atoms. The van der Waals surface area contributed by atoms with E-state index in [0.29, 0.717) is 12.2 Å². The van der Waals surface area contributed by atoms with Gasteiger partial charge in [-0.3, -0.25) is 13.9 Å². The fraction of sp³-hybridized carbons (Fsp3) is 0.360. The first-order valence-corrected chi connectivity index (χ1v) is 10.8. The summed E-state index contributed by atoms with van der Waals surface area (Å²) in [5, 5.41) is 20.1. The predicted molar refractivity (Wildman–Crippen MR) is 129 cm³/mol. The van der Waals surface area contributed by atoms with Crippen molar-refractivity contribution in [3.8, 4) is 5.88 Å². The van der Waals surface area contributed by atoms with Crippen LogP contribution in [0.15, 0.2) is 57.4 Å². The Morgan fingerprint density at radius 1 is 1.24 bits per heavy atom. The topological polar surface area (TPSA) is 114 Å². The molecule has 0 unspecified atom stereocenters. The van der Waals surface area contributed by atoms with Gasteiger partial charge in [0.05, 0.1) is 18.8 Å². The van der Waals surface area contributed by atoms with E-state index in [1.807, 2.05) is 43.0 Å². The second kappa shape index (κ2) is 9.59. The molecular formula is C25H29N3O6. The lowest BCUT2D eigenvalue weighted by Crippen LogP contribution is -2.41. The number of carbonyl (C=O) groups excluding carboxylic acids is 1. The number of aromatic hydroxyl groups is 1. The molecule has 1 aliphatic rings. The number of esters is 1. The summed E-state index contributed by atoms with van der Waals surface area (Å²) in [5.41, 5.74) is 3.93. The number of allylic oxidation sites excluding steroid dienone is 1. The maximum Gasteiger partial charge on any atom is 0.333 e. The Hall–Kier alpha value is -3.81. The van der Waals surface area contributed by atoms with Crippen molar-refractivity contribution in [2.24, 2.45) is 7.05 Å². The smallest absolute Gasteiger partial charge is 0.333 e. The maximum absolute atomic E-state index is 13.1. The molecule has 180 valence electrons. The molecular weight excluding hydrogens is 438 g/mol. The van der Waals surface area contributed by atoms with E-state index < -0.39 is 28.5 Å². The Bertz CT molecular complexity index is 1330. The highest BCUT2D eigenvalue weighted by Crippen LogP contribution is 2.46. The van der Waals surface area contributed by atoms with Crippen LogP contribution in [-0.2, 0) is 28.5 Å². The molecule has 1 aliphatic heterocycles. The number of hydrogen-bond donors (Lipinski definition) is 2. The number of fused-ring (bicyclic) bond motifs is 1. The number of aliphatic hydroxyl groups excluding tert-OH is 1. The quantitative estimate of drug-likeness (QED) is 0.362. The minimum atomic E-state index is -0.741. The minimum absolute atomic E-state index is 0.0869. The molecule has 3 rings (SSSR count). The summed E-state index contributed by atoms with van der Waals surface area (Å²) in [7, 11) is 1.34. The largest absolute Gasteiger partial charge is 0.494 e. The number of ether oxygens (including phenoxy) is 1. The lowest BCUT2D eigenvalue weighted by molar-refractivity contribution is -0.139. The van der Waals surface area contributed by atoms with Gasteiger partial charge in [-0.15, -0.1) is 0 Å². The summed E-state index contributed by atoms with van der Waals surface area (Å²) in [6, 6.07) is 7.79. The summed E-state index contributed by atoms with van der Waals surface area (Å²) in [4.78, 5) is 39.1. The Balaban J connectivity index is 2.10. The fourth-order valence-corrected chi connectivity index (χ4v) is 4.01. The number of β-amino-alcohol motifs (C(OH)–C–C–N with tert-alkyl or cyclic N) is 1. The van der Waals surface area contributed by atoms with Gasteiger partial charge < -0.3 is 19.8 Å². The number of carbonyl (C=O) groups is 1. The van der Waals surface area contributed by atoms with Crippen LogP contribution in [-0.4, -0.2) is 45.1 Å². The van der Waals surface area contributed by atoms with Gasteiger partial charge in [-0.2, -0.15) is 0 Å². The van der Waals surface area contributed by atoms with E-state index in [0.717, 1.165) is 20.4 Å². The molecule has 0 bridgehead atoms. The van der Waals surface area contributed by atoms with Crippen molar-refractivity contribution >= 4 is 17.7 Å². The van der Waals surface area contributed by atoms with Crippen LogP contribution in [0.25, 0.3) is 6.08 Å². The summed E-state index contributed by atoms with van der Waals surface area (Å²) >= 11 is 0. The van der Waals surface area contributed by atoms with Crippen LogP contribution in [0.2, 0.25) is 0 Å². The molecule has 1 aromatic carbocycles. The van der Waals surface area contributed by atoms with E-state index in [1.165, 1.54) is 20.0 Å². The Kier molecular flexibility index (Phi) is 7.00. The van der Waals surface area contributed by atoms with E-state index in [-0.39, 0.29) is 30.9 Å². The molecule has 0 spiro atoms. The van der Waals surface area contributed by atoms with E-state index >= 15 is 0 Å². The standard InChI is InChI=1S/C25H29N3O6/c1-16(2)23(32)34-15-13-28-22(31)17(21(30)26(5)24(28)33)10-11-20-25(3,4)18-8-6-7-9-19(18)27(20)12-14-29/h6-10,29-30H,1,12-15H2,2-5H3. The highest BCUT2D eigenvalue weighted by Gasteiger charge is 2.39. The van der Waals surface area contributed by atoms with Gasteiger partial charge in [0.2, 0.25) is 5.88 Å². The molecule has 0 amide bonds. The van der Waals surface area contributed by atoms with Gasteiger partial charge >= 0.3 is 11.7 Å². The third kappa shape index (κ3) is 4.35. The average Bonchev–Trinajstić information content (AvgIpc) is 3.01. The molecule has 0 aliphatic carbocycles. The van der Waals surface area contributed by atoms with Gasteiger partial charge in [0.25, 0.3) is 5.56 Å². The highest BCUT2D eigenvalue weighted by molar-refractivity contribution is 5.86. The summed E-state index contributed by atoms with van der Waals surface area (Å²) in [6.45, 7) is 8.85. The van der Waals surface area contributed by atoms with Crippen LogP contribution in [0.4, 0.5) is 5.69 Å². The molecule has 2 aromatic rings. The monoisotopic (exact) mass is 467 g/mol. The molecule has 1 aromatic heterocycles. The van der Waals surface area contributed by atoms with E-state index in [9.17, 15) is 24.6 Å². The summed E-state index contributed by atoms with van der Waals surface area (Å²) in [5.74, 6) is -1.12. The van der Waals surface area contributed by atoms with E-state index in [4.69, 9.17) is 4.74 Å². The zero-order valence-electron chi connectivity index (χ0n) is 19.8. The van der Waals surface area contributed by atoms with Crippen molar-refractivity contribution in [3.05, 3.63) is 79.8 Å². The molecule has 0 saturated heterocycles. The van der Waals surface area contributed by atoms with E-state index in [2.05, 4.69) is 12.3 Å². The van der Waals surface area contributed by atoms with Crippen LogP contribution in [0.3, 0.4) is 0 Å². The minimum Gasteiger partial charge on any atom is -0.494 e. The maximum atomic E-state index is 13.1. The van der Waals surface area contributed by atoms with Crippen molar-refractivity contribution in [1.82, 2.24) is 9.13 Å². The van der Waals surface area contributed by atoms with Crippen LogP contribution in [0.1, 0.15) is 31.9 Å². The third-order valence-corrected chi connectivity index (χ3v) is 5.86.